The first-order chi connectivity index (χ1) is 13.4. The van der Waals surface area contributed by atoms with Gasteiger partial charge in [-0.05, 0) is 24.0 Å². The zero-order valence-corrected chi connectivity index (χ0v) is 15.6. The van der Waals surface area contributed by atoms with Gasteiger partial charge in [0.25, 0.3) is 11.4 Å². The van der Waals surface area contributed by atoms with Gasteiger partial charge in [0.15, 0.2) is 0 Å². The van der Waals surface area contributed by atoms with Crippen molar-refractivity contribution in [2.75, 3.05) is 12.4 Å². The maximum absolute atomic E-state index is 11.3. The summed E-state index contributed by atoms with van der Waals surface area (Å²) >= 11 is 6.39. The Morgan fingerprint density at radius 3 is 2.50 bits per heavy atom. The second-order valence-electron chi connectivity index (χ2n) is 6.81. The van der Waals surface area contributed by atoms with E-state index >= 15 is 0 Å². The van der Waals surface area contributed by atoms with Gasteiger partial charge in [-0.2, -0.15) is 0 Å². The molecular formula is C19H16ClN3O5. The third-order valence-corrected chi connectivity index (χ3v) is 5.72. The van der Waals surface area contributed by atoms with Crippen LogP contribution in [0.25, 0.3) is 0 Å². The fourth-order valence-electron chi connectivity index (χ4n) is 4.11. The Kier molecular flexibility index (Phi) is 4.43. The van der Waals surface area contributed by atoms with Gasteiger partial charge in [0.05, 0.1) is 34.8 Å². The Morgan fingerprint density at radius 2 is 1.82 bits per heavy atom. The van der Waals surface area contributed by atoms with Crippen LogP contribution in [0, 0.1) is 26.1 Å². The Bertz CT molecular complexity index is 1020. The molecule has 2 aromatic carbocycles. The maximum Gasteiger partial charge on any atom is 0.273 e. The van der Waals surface area contributed by atoms with Crippen molar-refractivity contribution in [3.8, 4) is 5.75 Å². The van der Waals surface area contributed by atoms with E-state index in [2.05, 4.69) is 5.32 Å². The smallest absolute Gasteiger partial charge is 0.273 e. The van der Waals surface area contributed by atoms with Crippen molar-refractivity contribution in [1.29, 1.82) is 0 Å². The fourth-order valence-corrected chi connectivity index (χ4v) is 4.34. The molecule has 28 heavy (non-hydrogen) atoms. The minimum atomic E-state index is -0.453. The molecule has 0 amide bonds. The zero-order valence-electron chi connectivity index (χ0n) is 14.8. The summed E-state index contributed by atoms with van der Waals surface area (Å²) in [5, 5.41) is 26.3. The van der Waals surface area contributed by atoms with Crippen LogP contribution >= 0.6 is 11.6 Å². The molecule has 0 saturated heterocycles. The molecule has 0 radical (unpaired) electrons. The van der Waals surface area contributed by atoms with Crippen LogP contribution in [0.2, 0.25) is 5.02 Å². The lowest BCUT2D eigenvalue weighted by molar-refractivity contribution is -0.385. The highest BCUT2D eigenvalue weighted by molar-refractivity contribution is 6.31. The number of anilines is 1. The minimum absolute atomic E-state index is 0.0266. The number of nitro benzene ring substituents is 2. The van der Waals surface area contributed by atoms with Crippen molar-refractivity contribution >= 4 is 28.7 Å². The fraction of sp³-hybridized carbons (Fsp3) is 0.263. The van der Waals surface area contributed by atoms with Crippen LogP contribution < -0.4 is 10.1 Å². The molecule has 8 nitrogen and oxygen atoms in total. The third-order valence-electron chi connectivity index (χ3n) is 5.37. The number of hydrogen-bond donors (Lipinski definition) is 1. The molecule has 1 aliphatic carbocycles. The minimum Gasteiger partial charge on any atom is -0.494 e. The molecule has 1 heterocycles. The molecule has 4 rings (SSSR count). The van der Waals surface area contributed by atoms with Gasteiger partial charge >= 0.3 is 0 Å². The highest BCUT2D eigenvalue weighted by Gasteiger charge is 2.41. The van der Waals surface area contributed by atoms with E-state index in [-0.39, 0.29) is 29.3 Å². The topological polar surface area (TPSA) is 108 Å². The summed E-state index contributed by atoms with van der Waals surface area (Å²) in [7, 11) is 1.45. The summed E-state index contributed by atoms with van der Waals surface area (Å²) in [5.74, 6) is 0.304. The van der Waals surface area contributed by atoms with Crippen LogP contribution in [-0.2, 0) is 0 Å². The zero-order chi connectivity index (χ0) is 20.0. The highest BCUT2D eigenvalue weighted by atomic mass is 35.5. The second-order valence-corrected chi connectivity index (χ2v) is 7.21. The molecule has 9 heteroatoms. The Labute approximate surface area is 165 Å². The predicted octanol–water partition coefficient (Wildman–Crippen LogP) is 4.99. The van der Waals surface area contributed by atoms with E-state index in [0.29, 0.717) is 22.0 Å². The largest absolute Gasteiger partial charge is 0.494 e. The van der Waals surface area contributed by atoms with Crippen LogP contribution in [0.15, 0.2) is 42.5 Å². The van der Waals surface area contributed by atoms with Gasteiger partial charge in [-0.15, -0.1) is 0 Å². The number of methoxy groups -OCH3 is 1. The van der Waals surface area contributed by atoms with Crippen molar-refractivity contribution in [2.45, 2.75) is 18.4 Å². The summed E-state index contributed by atoms with van der Waals surface area (Å²) in [4.78, 5) is 21.6. The van der Waals surface area contributed by atoms with Crippen molar-refractivity contribution in [3.63, 3.8) is 0 Å². The number of rotatable bonds is 4. The van der Waals surface area contributed by atoms with E-state index in [1.807, 2.05) is 12.2 Å². The summed E-state index contributed by atoms with van der Waals surface area (Å²) in [6, 6.07) is 7.02. The van der Waals surface area contributed by atoms with Crippen LogP contribution in [0.1, 0.15) is 29.5 Å². The Hall–Kier alpha value is -3.13. The molecule has 144 valence electrons. The number of allylic oxidation sites excluding steroid dienone is 2. The quantitative estimate of drug-likeness (QED) is 0.439. The number of non-ortho nitro benzene ring substituents is 2. The molecular weight excluding hydrogens is 386 g/mol. The molecule has 0 unspecified atom stereocenters. The molecule has 0 saturated carbocycles. The van der Waals surface area contributed by atoms with Crippen LogP contribution in [0.3, 0.4) is 0 Å². The monoisotopic (exact) mass is 401 g/mol. The SMILES string of the molecule is COc1cc([N+](=O)[O-])cc2c1N[C@@H](c1cc([N+](=O)[O-])ccc1Cl)[C@H]1CC=C[C@@H]21. The first kappa shape index (κ1) is 18.2. The molecule has 1 N–H and O–H groups in total. The van der Waals surface area contributed by atoms with Crippen LogP contribution in [0.5, 0.6) is 5.75 Å². The number of nitrogens with zero attached hydrogens (tertiary/aromatic N) is 2. The van der Waals surface area contributed by atoms with Gasteiger partial charge in [-0.25, -0.2) is 0 Å². The van der Waals surface area contributed by atoms with Crippen molar-refractivity contribution < 1.29 is 14.6 Å². The normalized spacial score (nSPS) is 22.1. The standard InChI is InChI=1S/C19H16ClN3O5/c1-28-17-9-11(23(26)27)8-14-12-3-2-4-13(12)18(21-19(14)17)15-7-10(22(24)25)5-6-16(15)20/h2-3,5-9,12-13,18,21H,4H2,1H3/t12-,13+,18-/m1/s1. The van der Waals surface area contributed by atoms with Crippen molar-refractivity contribution in [2.24, 2.45) is 5.92 Å². The van der Waals surface area contributed by atoms with Crippen LogP contribution in [0.4, 0.5) is 17.1 Å². The average molecular weight is 402 g/mol. The first-order valence-electron chi connectivity index (χ1n) is 8.64. The summed E-state index contributed by atoms with van der Waals surface area (Å²) < 4.78 is 5.40. The lowest BCUT2D eigenvalue weighted by Crippen LogP contribution is -2.29. The van der Waals surface area contributed by atoms with Gasteiger partial charge in [0.2, 0.25) is 0 Å². The van der Waals surface area contributed by atoms with Crippen LogP contribution in [-0.4, -0.2) is 17.0 Å². The number of fused-ring (bicyclic) bond motifs is 3. The molecule has 0 bridgehead atoms. The number of halogens is 1. The number of benzene rings is 2. The predicted molar refractivity (Wildman–Crippen MR) is 104 cm³/mol. The van der Waals surface area contributed by atoms with Gasteiger partial charge in [0.1, 0.15) is 5.75 Å². The maximum atomic E-state index is 11.3. The molecule has 2 aliphatic rings. The average Bonchev–Trinajstić information content (AvgIpc) is 3.17. The summed E-state index contributed by atoms with van der Waals surface area (Å²) in [6.45, 7) is 0. The van der Waals surface area contributed by atoms with E-state index in [0.717, 1.165) is 12.0 Å². The number of nitrogens with one attached hydrogen (secondary N) is 1. The van der Waals surface area contributed by atoms with E-state index < -0.39 is 9.85 Å². The number of ether oxygens (including phenoxy) is 1. The van der Waals surface area contributed by atoms with Gasteiger partial charge in [-0.1, -0.05) is 23.8 Å². The molecule has 0 fully saturated rings. The van der Waals surface area contributed by atoms with Gasteiger partial charge in [-0.3, -0.25) is 20.2 Å². The first-order valence-corrected chi connectivity index (χ1v) is 9.02. The molecule has 0 aromatic heterocycles. The lowest BCUT2D eigenvalue weighted by atomic mass is 9.76. The lowest BCUT2D eigenvalue weighted by Gasteiger charge is -2.38. The summed E-state index contributed by atoms with van der Waals surface area (Å²) in [5.41, 5.74) is 1.98. The van der Waals surface area contributed by atoms with Crippen molar-refractivity contribution in [1.82, 2.24) is 0 Å². The molecule has 1 aliphatic heterocycles. The van der Waals surface area contributed by atoms with Gasteiger partial charge < -0.3 is 10.1 Å². The van der Waals surface area contributed by atoms with Gasteiger partial charge in [0, 0.05) is 34.7 Å². The van der Waals surface area contributed by atoms with E-state index in [1.165, 1.54) is 31.4 Å². The van der Waals surface area contributed by atoms with Crippen molar-refractivity contribution in [3.05, 3.63) is 78.9 Å². The second kappa shape index (κ2) is 6.79. The van der Waals surface area contributed by atoms with E-state index in [1.54, 1.807) is 6.07 Å². The third kappa shape index (κ3) is 2.86. The van der Waals surface area contributed by atoms with E-state index in [4.69, 9.17) is 16.3 Å². The molecule has 3 atom stereocenters. The van der Waals surface area contributed by atoms with E-state index in [9.17, 15) is 20.2 Å². The highest BCUT2D eigenvalue weighted by Crippen LogP contribution is 2.54. The summed E-state index contributed by atoms with van der Waals surface area (Å²) in [6.07, 6.45) is 4.77. The Morgan fingerprint density at radius 1 is 1.11 bits per heavy atom. The molecule has 0 spiro atoms. The molecule has 2 aromatic rings. The Balaban J connectivity index is 1.86. The number of hydrogen-bond acceptors (Lipinski definition) is 6. The number of nitro groups is 2.